The second-order valence-electron chi connectivity index (χ2n) is 4.35. The molecule has 2 heterocycles. The number of ether oxygens (including phenoxy) is 1. The summed E-state index contributed by atoms with van der Waals surface area (Å²) < 4.78 is 5.28. The Hall–Kier alpha value is -1.33. The van der Waals surface area contributed by atoms with Crippen molar-refractivity contribution in [3.8, 4) is 0 Å². The highest BCUT2D eigenvalue weighted by atomic mass is 35.5. The van der Waals surface area contributed by atoms with E-state index in [9.17, 15) is 4.79 Å². The van der Waals surface area contributed by atoms with Crippen molar-refractivity contribution in [2.24, 2.45) is 0 Å². The van der Waals surface area contributed by atoms with Crippen molar-refractivity contribution in [2.75, 3.05) is 26.0 Å². The molecule has 5 nitrogen and oxygen atoms in total. The minimum absolute atomic E-state index is 0.122. The monoisotopic (exact) mass is 269 g/mol. The van der Waals surface area contributed by atoms with Gasteiger partial charge in [-0.2, -0.15) is 0 Å². The van der Waals surface area contributed by atoms with Crippen molar-refractivity contribution in [1.29, 1.82) is 0 Å². The molecule has 0 atom stereocenters. The SMILES string of the molecule is CN(C(=O)c1cc(Cl)ncc1N)C1CCOCC1. The van der Waals surface area contributed by atoms with Gasteiger partial charge in [-0.1, -0.05) is 11.6 Å². The number of anilines is 1. The molecule has 0 aliphatic carbocycles. The molecule has 0 aromatic carbocycles. The number of halogens is 1. The standard InChI is InChI=1S/C12H16ClN3O2/c1-16(8-2-4-18-5-3-8)12(17)9-6-11(13)15-7-10(9)14/h6-8H,2-5,14H2,1H3. The van der Waals surface area contributed by atoms with Crippen LogP contribution in [0.5, 0.6) is 0 Å². The zero-order valence-corrected chi connectivity index (χ0v) is 11.0. The number of carbonyl (C=O) groups is 1. The van der Waals surface area contributed by atoms with Crippen LogP contribution in [-0.4, -0.2) is 42.1 Å². The average Bonchev–Trinajstić information content (AvgIpc) is 2.41. The van der Waals surface area contributed by atoms with E-state index in [4.69, 9.17) is 22.1 Å². The van der Waals surface area contributed by atoms with E-state index < -0.39 is 0 Å². The molecule has 0 bridgehead atoms. The Labute approximate surface area is 111 Å². The summed E-state index contributed by atoms with van der Waals surface area (Å²) >= 11 is 5.79. The molecule has 1 saturated heterocycles. The third-order valence-corrected chi connectivity index (χ3v) is 3.40. The lowest BCUT2D eigenvalue weighted by Gasteiger charge is -2.31. The fourth-order valence-electron chi connectivity index (χ4n) is 2.05. The van der Waals surface area contributed by atoms with Gasteiger partial charge in [0.15, 0.2) is 0 Å². The van der Waals surface area contributed by atoms with Gasteiger partial charge >= 0.3 is 0 Å². The van der Waals surface area contributed by atoms with Crippen molar-refractivity contribution in [3.63, 3.8) is 0 Å². The first-order valence-electron chi connectivity index (χ1n) is 5.85. The topological polar surface area (TPSA) is 68.5 Å². The fraction of sp³-hybridized carbons (Fsp3) is 0.500. The molecule has 1 aliphatic heterocycles. The first kappa shape index (κ1) is 13.1. The van der Waals surface area contributed by atoms with Gasteiger partial charge in [-0.15, -0.1) is 0 Å². The van der Waals surface area contributed by atoms with Crippen LogP contribution >= 0.6 is 11.6 Å². The van der Waals surface area contributed by atoms with Gasteiger partial charge in [-0.05, 0) is 18.9 Å². The molecule has 0 radical (unpaired) electrons. The van der Waals surface area contributed by atoms with Gasteiger partial charge in [0.05, 0.1) is 17.4 Å². The molecule has 1 amide bonds. The summed E-state index contributed by atoms with van der Waals surface area (Å²) in [6.07, 6.45) is 3.11. The Morgan fingerprint density at radius 3 is 2.89 bits per heavy atom. The second kappa shape index (κ2) is 5.54. The summed E-state index contributed by atoms with van der Waals surface area (Å²) in [5.41, 5.74) is 6.52. The normalized spacial score (nSPS) is 16.6. The zero-order chi connectivity index (χ0) is 13.1. The van der Waals surface area contributed by atoms with Crippen molar-refractivity contribution in [2.45, 2.75) is 18.9 Å². The molecule has 0 saturated carbocycles. The predicted molar refractivity (Wildman–Crippen MR) is 69.6 cm³/mol. The van der Waals surface area contributed by atoms with Crippen LogP contribution in [0.1, 0.15) is 23.2 Å². The number of hydrogen-bond donors (Lipinski definition) is 1. The second-order valence-corrected chi connectivity index (χ2v) is 4.74. The summed E-state index contributed by atoms with van der Waals surface area (Å²) in [5, 5.41) is 0.271. The van der Waals surface area contributed by atoms with Crippen molar-refractivity contribution in [3.05, 3.63) is 23.0 Å². The first-order chi connectivity index (χ1) is 8.59. The van der Waals surface area contributed by atoms with Gasteiger partial charge in [-0.3, -0.25) is 4.79 Å². The van der Waals surface area contributed by atoms with E-state index in [1.54, 1.807) is 11.9 Å². The van der Waals surface area contributed by atoms with Crippen molar-refractivity contribution >= 4 is 23.2 Å². The fourth-order valence-corrected chi connectivity index (χ4v) is 2.21. The Kier molecular flexibility index (Phi) is 4.04. The van der Waals surface area contributed by atoms with E-state index in [-0.39, 0.29) is 17.1 Å². The van der Waals surface area contributed by atoms with Gasteiger partial charge in [-0.25, -0.2) is 4.98 Å². The summed E-state index contributed by atoms with van der Waals surface area (Å²) in [6, 6.07) is 1.70. The van der Waals surface area contributed by atoms with Crippen molar-refractivity contribution in [1.82, 2.24) is 9.88 Å². The zero-order valence-electron chi connectivity index (χ0n) is 10.2. The number of hydrogen-bond acceptors (Lipinski definition) is 4. The number of nitrogens with zero attached hydrogens (tertiary/aromatic N) is 2. The highest BCUT2D eigenvalue weighted by Gasteiger charge is 2.24. The van der Waals surface area contributed by atoms with E-state index in [1.165, 1.54) is 12.3 Å². The van der Waals surface area contributed by atoms with Crippen LogP contribution in [-0.2, 0) is 4.74 Å². The highest BCUT2D eigenvalue weighted by Crippen LogP contribution is 2.20. The molecular formula is C12H16ClN3O2. The maximum atomic E-state index is 12.3. The molecule has 98 valence electrons. The number of pyridine rings is 1. The van der Waals surface area contributed by atoms with Gasteiger partial charge < -0.3 is 15.4 Å². The summed E-state index contributed by atoms with van der Waals surface area (Å²) in [6.45, 7) is 1.38. The summed E-state index contributed by atoms with van der Waals surface area (Å²) in [5.74, 6) is -0.122. The molecule has 2 N–H and O–H groups in total. The van der Waals surface area contributed by atoms with E-state index in [2.05, 4.69) is 4.98 Å². The smallest absolute Gasteiger partial charge is 0.256 e. The third-order valence-electron chi connectivity index (χ3n) is 3.19. The molecule has 1 aliphatic rings. The number of nitrogens with two attached hydrogens (primary N) is 1. The minimum Gasteiger partial charge on any atom is -0.397 e. The maximum Gasteiger partial charge on any atom is 0.256 e. The lowest BCUT2D eigenvalue weighted by Crippen LogP contribution is -2.40. The molecule has 0 spiro atoms. The van der Waals surface area contributed by atoms with Crippen LogP contribution in [0.2, 0.25) is 5.15 Å². The van der Waals surface area contributed by atoms with E-state index >= 15 is 0 Å². The highest BCUT2D eigenvalue weighted by molar-refractivity contribution is 6.29. The third kappa shape index (κ3) is 2.73. The molecule has 2 rings (SSSR count). The Morgan fingerprint density at radius 1 is 1.56 bits per heavy atom. The van der Waals surface area contributed by atoms with Gasteiger partial charge in [0.1, 0.15) is 5.15 Å². The molecular weight excluding hydrogens is 254 g/mol. The Balaban J connectivity index is 2.16. The Morgan fingerprint density at radius 2 is 2.22 bits per heavy atom. The molecule has 1 aromatic heterocycles. The van der Waals surface area contributed by atoms with Gasteiger partial charge in [0, 0.05) is 26.3 Å². The van der Waals surface area contributed by atoms with Crippen molar-refractivity contribution < 1.29 is 9.53 Å². The lowest BCUT2D eigenvalue weighted by molar-refractivity contribution is 0.0362. The van der Waals surface area contributed by atoms with Crippen LogP contribution in [0.25, 0.3) is 0 Å². The van der Waals surface area contributed by atoms with Crippen LogP contribution in [0.4, 0.5) is 5.69 Å². The van der Waals surface area contributed by atoms with E-state index in [0.29, 0.717) is 24.5 Å². The van der Waals surface area contributed by atoms with Crippen LogP contribution in [0.3, 0.4) is 0 Å². The van der Waals surface area contributed by atoms with Crippen LogP contribution < -0.4 is 5.73 Å². The predicted octanol–water partition coefficient (Wildman–Crippen LogP) is 1.57. The van der Waals surface area contributed by atoms with E-state index in [0.717, 1.165) is 12.8 Å². The molecule has 0 unspecified atom stereocenters. The number of rotatable bonds is 2. The molecule has 1 fully saturated rings. The summed E-state index contributed by atoms with van der Waals surface area (Å²) in [4.78, 5) is 17.9. The number of nitrogen functional groups attached to an aromatic ring is 1. The number of aromatic nitrogens is 1. The molecule has 6 heteroatoms. The average molecular weight is 270 g/mol. The van der Waals surface area contributed by atoms with Gasteiger partial charge in [0.25, 0.3) is 5.91 Å². The first-order valence-corrected chi connectivity index (χ1v) is 6.23. The summed E-state index contributed by atoms with van der Waals surface area (Å²) in [7, 11) is 1.78. The van der Waals surface area contributed by atoms with Gasteiger partial charge in [0.2, 0.25) is 0 Å². The number of amides is 1. The minimum atomic E-state index is -0.122. The largest absolute Gasteiger partial charge is 0.397 e. The molecule has 1 aromatic rings. The van der Waals surface area contributed by atoms with E-state index in [1.807, 2.05) is 0 Å². The quantitative estimate of drug-likeness (QED) is 0.828. The number of carbonyl (C=O) groups excluding carboxylic acids is 1. The van der Waals surface area contributed by atoms with Crippen LogP contribution in [0, 0.1) is 0 Å². The Bertz CT molecular complexity index is 447. The lowest BCUT2D eigenvalue weighted by atomic mass is 10.1. The maximum absolute atomic E-state index is 12.3. The van der Waals surface area contributed by atoms with Crippen LogP contribution in [0.15, 0.2) is 12.3 Å². The molecule has 18 heavy (non-hydrogen) atoms.